The third kappa shape index (κ3) is 2.80. The summed E-state index contributed by atoms with van der Waals surface area (Å²) in [5.74, 6) is -0.336. The van der Waals surface area contributed by atoms with Gasteiger partial charge in [0.1, 0.15) is 11.9 Å². The van der Waals surface area contributed by atoms with Crippen LogP contribution in [-0.4, -0.2) is 34.6 Å². The summed E-state index contributed by atoms with van der Waals surface area (Å²) in [7, 11) is 0. The zero-order valence-corrected chi connectivity index (χ0v) is 9.83. The highest BCUT2D eigenvalue weighted by atomic mass is 16.6. The van der Waals surface area contributed by atoms with Crippen molar-refractivity contribution in [1.29, 1.82) is 0 Å². The van der Waals surface area contributed by atoms with E-state index in [0.29, 0.717) is 6.61 Å². The predicted molar refractivity (Wildman–Crippen MR) is 62.2 cm³/mol. The number of hydrogen-bond acceptors (Lipinski definition) is 5. The first-order chi connectivity index (χ1) is 8.61. The molecule has 1 N–H and O–H groups in total. The van der Waals surface area contributed by atoms with Crippen LogP contribution in [0.3, 0.4) is 0 Å². The van der Waals surface area contributed by atoms with Crippen molar-refractivity contribution in [2.24, 2.45) is 0 Å². The minimum atomic E-state index is -0.555. The third-order valence-corrected chi connectivity index (χ3v) is 2.62. The van der Waals surface area contributed by atoms with Gasteiger partial charge in [0.15, 0.2) is 0 Å². The Balaban J connectivity index is 1.91. The van der Waals surface area contributed by atoms with Gasteiger partial charge in [0, 0.05) is 12.7 Å². The molecule has 1 saturated carbocycles. The molecule has 0 radical (unpaired) electrons. The highest BCUT2D eigenvalue weighted by Gasteiger charge is 2.39. The molecule has 1 aliphatic carbocycles. The van der Waals surface area contributed by atoms with E-state index in [1.807, 2.05) is 6.92 Å². The molecule has 7 heteroatoms. The Bertz CT molecular complexity index is 460. The lowest BCUT2D eigenvalue weighted by Gasteiger charge is -2.03. The first kappa shape index (κ1) is 12.4. The van der Waals surface area contributed by atoms with Crippen LogP contribution in [0.5, 0.6) is 0 Å². The van der Waals surface area contributed by atoms with Crippen LogP contribution in [0.15, 0.2) is 18.3 Å². The van der Waals surface area contributed by atoms with Gasteiger partial charge in [-0.15, -0.1) is 0 Å². The number of amides is 1. The first-order valence-corrected chi connectivity index (χ1v) is 5.64. The topological polar surface area (TPSA) is 94.4 Å². The van der Waals surface area contributed by atoms with Gasteiger partial charge in [0.2, 0.25) is 0 Å². The molecule has 1 aromatic heterocycles. The van der Waals surface area contributed by atoms with Gasteiger partial charge in [-0.1, -0.05) is 0 Å². The standard InChI is InChI=1S/C11H13N3O4/c1-2-18-10-5-9(10)13-11(15)8-4-3-7(6-12-8)14(16)17/h3-4,6,9-10H,2,5H2,1H3,(H,13,15)/t9-,10+/m1/s1. The Morgan fingerprint density at radius 3 is 3.00 bits per heavy atom. The van der Waals surface area contributed by atoms with Gasteiger partial charge in [0.25, 0.3) is 11.6 Å². The summed E-state index contributed by atoms with van der Waals surface area (Å²) in [5.41, 5.74) is 0.0351. The maximum absolute atomic E-state index is 11.7. The summed E-state index contributed by atoms with van der Waals surface area (Å²) >= 11 is 0. The minimum absolute atomic E-state index is 0.0226. The fourth-order valence-corrected chi connectivity index (χ4v) is 1.59. The van der Waals surface area contributed by atoms with Crippen LogP contribution in [0.4, 0.5) is 5.69 Å². The Morgan fingerprint density at radius 2 is 2.44 bits per heavy atom. The molecular formula is C11H13N3O4. The molecule has 2 rings (SSSR count). The van der Waals surface area contributed by atoms with Crippen LogP contribution in [0.1, 0.15) is 23.8 Å². The van der Waals surface area contributed by atoms with Crippen LogP contribution >= 0.6 is 0 Å². The molecule has 0 aromatic carbocycles. The zero-order valence-electron chi connectivity index (χ0n) is 9.83. The number of carbonyl (C=O) groups is 1. The summed E-state index contributed by atoms with van der Waals surface area (Å²) in [6.07, 6.45) is 1.95. The summed E-state index contributed by atoms with van der Waals surface area (Å²) in [5, 5.41) is 13.2. The highest BCUT2D eigenvalue weighted by Crippen LogP contribution is 2.25. The smallest absolute Gasteiger partial charge is 0.287 e. The number of rotatable bonds is 5. The molecule has 18 heavy (non-hydrogen) atoms. The molecule has 2 atom stereocenters. The normalized spacial score (nSPS) is 21.4. The number of carbonyl (C=O) groups excluding carboxylic acids is 1. The summed E-state index contributed by atoms with van der Waals surface area (Å²) in [4.78, 5) is 25.4. The van der Waals surface area contributed by atoms with Crippen molar-refractivity contribution in [3.63, 3.8) is 0 Å². The lowest BCUT2D eigenvalue weighted by molar-refractivity contribution is -0.385. The van der Waals surface area contributed by atoms with E-state index >= 15 is 0 Å². The number of aromatic nitrogens is 1. The van der Waals surface area contributed by atoms with Crippen LogP contribution in [0, 0.1) is 10.1 Å². The maximum atomic E-state index is 11.7. The van der Waals surface area contributed by atoms with E-state index < -0.39 is 4.92 Å². The minimum Gasteiger partial charge on any atom is -0.376 e. The van der Waals surface area contributed by atoms with Crippen molar-refractivity contribution in [2.75, 3.05) is 6.61 Å². The van der Waals surface area contributed by atoms with Gasteiger partial charge < -0.3 is 10.1 Å². The predicted octanol–water partition coefficient (Wildman–Crippen LogP) is 0.897. The average Bonchev–Trinajstić information content (AvgIpc) is 3.08. The second-order valence-corrected chi connectivity index (χ2v) is 3.97. The van der Waals surface area contributed by atoms with Crippen molar-refractivity contribution < 1.29 is 14.5 Å². The average molecular weight is 251 g/mol. The van der Waals surface area contributed by atoms with E-state index in [4.69, 9.17) is 4.74 Å². The summed E-state index contributed by atoms with van der Waals surface area (Å²) in [6.45, 7) is 2.52. The zero-order chi connectivity index (χ0) is 13.1. The number of nitro groups is 1. The monoisotopic (exact) mass is 251 g/mol. The van der Waals surface area contributed by atoms with Gasteiger partial charge in [-0.2, -0.15) is 0 Å². The summed E-state index contributed by atoms with van der Waals surface area (Å²) in [6, 6.07) is 2.62. The van der Waals surface area contributed by atoms with Crippen molar-refractivity contribution in [3.8, 4) is 0 Å². The van der Waals surface area contributed by atoms with Crippen molar-refractivity contribution in [1.82, 2.24) is 10.3 Å². The van der Waals surface area contributed by atoms with Gasteiger partial charge in [-0.3, -0.25) is 14.9 Å². The Kier molecular flexibility index (Phi) is 3.52. The lowest BCUT2D eigenvalue weighted by Crippen LogP contribution is -2.29. The van der Waals surface area contributed by atoms with Crippen molar-refractivity contribution in [3.05, 3.63) is 34.1 Å². The lowest BCUT2D eigenvalue weighted by atomic mass is 10.3. The number of nitrogens with zero attached hydrogens (tertiary/aromatic N) is 2. The molecular weight excluding hydrogens is 238 g/mol. The molecule has 0 bridgehead atoms. The van der Waals surface area contributed by atoms with E-state index in [9.17, 15) is 14.9 Å². The molecule has 0 aliphatic heterocycles. The fourth-order valence-electron chi connectivity index (χ4n) is 1.59. The molecule has 0 spiro atoms. The fraction of sp³-hybridized carbons (Fsp3) is 0.455. The molecule has 96 valence electrons. The van der Waals surface area contributed by atoms with E-state index in [2.05, 4.69) is 10.3 Å². The van der Waals surface area contributed by atoms with Crippen LogP contribution in [0.25, 0.3) is 0 Å². The largest absolute Gasteiger partial charge is 0.376 e. The summed E-state index contributed by atoms with van der Waals surface area (Å²) < 4.78 is 5.33. The quantitative estimate of drug-likeness (QED) is 0.619. The van der Waals surface area contributed by atoms with Crippen LogP contribution in [-0.2, 0) is 4.74 Å². The van der Waals surface area contributed by atoms with Crippen molar-refractivity contribution in [2.45, 2.75) is 25.5 Å². The molecule has 1 amide bonds. The molecule has 1 fully saturated rings. The van der Waals surface area contributed by atoms with Crippen LogP contribution < -0.4 is 5.32 Å². The second kappa shape index (κ2) is 5.09. The molecule has 7 nitrogen and oxygen atoms in total. The van der Waals surface area contributed by atoms with Gasteiger partial charge in [0.05, 0.1) is 17.1 Å². The van der Waals surface area contributed by atoms with Gasteiger partial charge in [-0.25, -0.2) is 4.98 Å². The maximum Gasteiger partial charge on any atom is 0.287 e. The van der Waals surface area contributed by atoms with E-state index in [-0.39, 0.29) is 29.4 Å². The Labute approximate surface area is 103 Å². The highest BCUT2D eigenvalue weighted by molar-refractivity contribution is 5.92. The van der Waals surface area contributed by atoms with Gasteiger partial charge >= 0.3 is 0 Å². The number of pyridine rings is 1. The Morgan fingerprint density at radius 1 is 1.67 bits per heavy atom. The van der Waals surface area contributed by atoms with E-state index in [0.717, 1.165) is 12.6 Å². The number of nitrogens with one attached hydrogen (secondary N) is 1. The number of hydrogen-bond donors (Lipinski definition) is 1. The van der Waals surface area contributed by atoms with E-state index in [1.54, 1.807) is 0 Å². The SMILES string of the molecule is CCO[C@H]1C[C@H]1NC(=O)c1ccc([N+](=O)[O-])cn1. The molecule has 1 aliphatic rings. The second-order valence-electron chi connectivity index (χ2n) is 3.97. The third-order valence-electron chi connectivity index (χ3n) is 2.62. The molecule has 0 saturated heterocycles. The van der Waals surface area contributed by atoms with Crippen LogP contribution in [0.2, 0.25) is 0 Å². The van der Waals surface area contributed by atoms with Gasteiger partial charge in [-0.05, 0) is 19.4 Å². The number of ether oxygens (including phenoxy) is 1. The van der Waals surface area contributed by atoms with E-state index in [1.165, 1.54) is 12.1 Å². The van der Waals surface area contributed by atoms with Crippen molar-refractivity contribution >= 4 is 11.6 Å². The molecule has 0 unspecified atom stereocenters. The Hall–Kier alpha value is -2.02. The molecule has 1 aromatic rings. The first-order valence-electron chi connectivity index (χ1n) is 5.64. The molecule has 1 heterocycles.